The number of benzene rings is 2. The maximum atomic E-state index is 13.2. The maximum Gasteiger partial charge on any atom is 0.251 e. The molecule has 1 unspecified atom stereocenters. The molecule has 2 aromatic carbocycles. The Kier molecular flexibility index (Phi) is 7.29. The van der Waals surface area contributed by atoms with E-state index in [-0.39, 0.29) is 30.1 Å². The molecule has 1 N–H and O–H groups in total. The summed E-state index contributed by atoms with van der Waals surface area (Å²) in [5.74, 6) is -0.773. The van der Waals surface area contributed by atoms with Crippen LogP contribution in [0.3, 0.4) is 0 Å². The van der Waals surface area contributed by atoms with Crippen molar-refractivity contribution in [2.24, 2.45) is 5.92 Å². The summed E-state index contributed by atoms with van der Waals surface area (Å²) in [4.78, 5) is 38.9. The molecule has 27 heavy (non-hydrogen) atoms. The van der Waals surface area contributed by atoms with Gasteiger partial charge in [-0.1, -0.05) is 62.4 Å². The van der Waals surface area contributed by atoms with Gasteiger partial charge in [0, 0.05) is 12.1 Å². The molecule has 2 aromatic rings. The Morgan fingerprint density at radius 1 is 0.926 bits per heavy atom. The predicted molar refractivity (Wildman–Crippen MR) is 105 cm³/mol. The standard InChI is InChI=1S/C22H26N2O3/c1-16(2)20(23-21(26)19-12-8-5-9-13-19)22(27)24(14-17(3)25)15-18-10-6-4-7-11-18/h4-13,16,20H,14-15H2,1-3H3,(H,23,26). The van der Waals surface area contributed by atoms with Crippen LogP contribution in [0, 0.1) is 5.92 Å². The van der Waals surface area contributed by atoms with Crippen molar-refractivity contribution >= 4 is 17.6 Å². The number of nitrogens with zero attached hydrogens (tertiary/aromatic N) is 1. The van der Waals surface area contributed by atoms with Crippen molar-refractivity contribution in [2.45, 2.75) is 33.4 Å². The summed E-state index contributed by atoms with van der Waals surface area (Å²) in [6.45, 7) is 5.55. The number of hydrogen-bond donors (Lipinski definition) is 1. The van der Waals surface area contributed by atoms with Gasteiger partial charge in [-0.25, -0.2) is 0 Å². The Morgan fingerprint density at radius 3 is 2.00 bits per heavy atom. The lowest BCUT2D eigenvalue weighted by Crippen LogP contribution is -2.52. The van der Waals surface area contributed by atoms with Gasteiger partial charge >= 0.3 is 0 Å². The first-order valence-electron chi connectivity index (χ1n) is 9.06. The summed E-state index contributed by atoms with van der Waals surface area (Å²) in [5.41, 5.74) is 1.43. The molecule has 2 rings (SSSR count). The van der Waals surface area contributed by atoms with Crippen molar-refractivity contribution in [3.63, 3.8) is 0 Å². The zero-order valence-electron chi connectivity index (χ0n) is 16.0. The Bertz CT molecular complexity index is 773. The smallest absolute Gasteiger partial charge is 0.251 e. The van der Waals surface area contributed by atoms with Crippen molar-refractivity contribution < 1.29 is 14.4 Å². The Morgan fingerprint density at radius 2 is 1.48 bits per heavy atom. The van der Waals surface area contributed by atoms with E-state index in [0.717, 1.165) is 5.56 Å². The number of nitrogens with one attached hydrogen (secondary N) is 1. The third-order valence-electron chi connectivity index (χ3n) is 4.20. The highest BCUT2D eigenvalue weighted by Crippen LogP contribution is 2.12. The highest BCUT2D eigenvalue weighted by Gasteiger charge is 2.29. The molecule has 0 aromatic heterocycles. The maximum absolute atomic E-state index is 13.2. The van der Waals surface area contributed by atoms with E-state index in [1.165, 1.54) is 11.8 Å². The van der Waals surface area contributed by atoms with Gasteiger partial charge in [-0.3, -0.25) is 14.4 Å². The molecule has 0 aliphatic heterocycles. The van der Waals surface area contributed by atoms with E-state index < -0.39 is 6.04 Å². The molecule has 2 amide bonds. The molecule has 0 saturated carbocycles. The fourth-order valence-electron chi connectivity index (χ4n) is 2.81. The zero-order chi connectivity index (χ0) is 19.8. The summed E-state index contributed by atoms with van der Waals surface area (Å²) in [7, 11) is 0. The normalized spacial score (nSPS) is 11.7. The van der Waals surface area contributed by atoms with Crippen LogP contribution in [0.1, 0.15) is 36.7 Å². The van der Waals surface area contributed by atoms with Gasteiger partial charge in [-0.05, 0) is 30.5 Å². The molecular weight excluding hydrogens is 340 g/mol. The van der Waals surface area contributed by atoms with Gasteiger partial charge in [0.25, 0.3) is 5.91 Å². The molecule has 0 aliphatic carbocycles. The Hall–Kier alpha value is -2.95. The van der Waals surface area contributed by atoms with E-state index in [1.54, 1.807) is 24.3 Å². The van der Waals surface area contributed by atoms with Gasteiger partial charge < -0.3 is 10.2 Å². The van der Waals surface area contributed by atoms with Crippen LogP contribution < -0.4 is 5.32 Å². The second kappa shape index (κ2) is 9.67. The molecule has 0 heterocycles. The van der Waals surface area contributed by atoms with Gasteiger partial charge in [0.05, 0.1) is 6.54 Å². The summed E-state index contributed by atoms with van der Waals surface area (Å²) in [5, 5.41) is 2.83. The van der Waals surface area contributed by atoms with Crippen LogP contribution in [0.4, 0.5) is 0 Å². The first-order valence-corrected chi connectivity index (χ1v) is 9.06. The van der Waals surface area contributed by atoms with E-state index in [9.17, 15) is 14.4 Å². The van der Waals surface area contributed by atoms with E-state index in [2.05, 4.69) is 5.32 Å². The molecule has 0 aliphatic rings. The third-order valence-corrected chi connectivity index (χ3v) is 4.20. The lowest BCUT2D eigenvalue weighted by molar-refractivity contribution is -0.138. The van der Waals surface area contributed by atoms with Gasteiger partial charge in [-0.15, -0.1) is 0 Å². The minimum Gasteiger partial charge on any atom is -0.340 e. The average Bonchev–Trinajstić information content (AvgIpc) is 2.65. The van der Waals surface area contributed by atoms with Crippen LogP contribution in [0.2, 0.25) is 0 Å². The zero-order valence-corrected chi connectivity index (χ0v) is 16.0. The topological polar surface area (TPSA) is 66.5 Å². The summed E-state index contributed by atoms with van der Waals surface area (Å²) < 4.78 is 0. The van der Waals surface area contributed by atoms with Crippen molar-refractivity contribution in [1.29, 1.82) is 0 Å². The summed E-state index contributed by atoms with van der Waals surface area (Å²) in [6.07, 6.45) is 0. The molecule has 0 radical (unpaired) electrons. The molecule has 1 atom stereocenters. The SMILES string of the molecule is CC(=O)CN(Cc1ccccc1)C(=O)C(NC(=O)c1ccccc1)C(C)C. The number of amides is 2. The quantitative estimate of drug-likeness (QED) is 0.781. The summed E-state index contributed by atoms with van der Waals surface area (Å²) in [6, 6.07) is 17.6. The number of hydrogen-bond acceptors (Lipinski definition) is 3. The number of ketones is 1. The first kappa shape index (κ1) is 20.4. The minimum atomic E-state index is -0.708. The first-order chi connectivity index (χ1) is 12.9. The van der Waals surface area contributed by atoms with Crippen molar-refractivity contribution in [1.82, 2.24) is 10.2 Å². The molecule has 0 bridgehead atoms. The van der Waals surface area contributed by atoms with Crippen LogP contribution in [-0.2, 0) is 16.1 Å². The molecule has 0 fully saturated rings. The van der Waals surface area contributed by atoms with Gasteiger partial charge in [0.15, 0.2) is 0 Å². The highest BCUT2D eigenvalue weighted by atomic mass is 16.2. The van der Waals surface area contributed by atoms with Crippen LogP contribution in [0.25, 0.3) is 0 Å². The van der Waals surface area contributed by atoms with E-state index >= 15 is 0 Å². The van der Waals surface area contributed by atoms with Crippen LogP contribution in [0.15, 0.2) is 60.7 Å². The Labute approximate surface area is 160 Å². The molecule has 0 spiro atoms. The summed E-state index contributed by atoms with van der Waals surface area (Å²) >= 11 is 0. The Balaban J connectivity index is 2.19. The second-order valence-electron chi connectivity index (χ2n) is 6.94. The number of carbonyl (C=O) groups excluding carboxylic acids is 3. The number of Topliss-reactive ketones (excluding diaryl/α,β-unsaturated/α-hetero) is 1. The lowest BCUT2D eigenvalue weighted by Gasteiger charge is -2.29. The molecule has 142 valence electrons. The van der Waals surface area contributed by atoms with Gasteiger partial charge in [0.1, 0.15) is 11.8 Å². The van der Waals surface area contributed by atoms with Crippen molar-refractivity contribution in [3.05, 3.63) is 71.8 Å². The second-order valence-corrected chi connectivity index (χ2v) is 6.94. The van der Waals surface area contributed by atoms with E-state index in [4.69, 9.17) is 0 Å². The van der Waals surface area contributed by atoms with Crippen LogP contribution in [0.5, 0.6) is 0 Å². The van der Waals surface area contributed by atoms with Crippen molar-refractivity contribution in [3.8, 4) is 0 Å². The monoisotopic (exact) mass is 366 g/mol. The number of rotatable bonds is 8. The van der Waals surface area contributed by atoms with E-state index in [1.807, 2.05) is 50.2 Å². The van der Waals surface area contributed by atoms with Gasteiger partial charge in [0.2, 0.25) is 5.91 Å². The fraction of sp³-hybridized carbons (Fsp3) is 0.318. The molecular formula is C22H26N2O3. The fourth-order valence-corrected chi connectivity index (χ4v) is 2.81. The molecule has 5 heteroatoms. The molecule has 0 saturated heterocycles. The highest BCUT2D eigenvalue weighted by molar-refractivity contribution is 5.98. The van der Waals surface area contributed by atoms with E-state index in [0.29, 0.717) is 12.1 Å². The van der Waals surface area contributed by atoms with Crippen LogP contribution in [-0.4, -0.2) is 35.1 Å². The third kappa shape index (κ3) is 6.06. The number of carbonyl (C=O) groups is 3. The average molecular weight is 366 g/mol. The van der Waals surface area contributed by atoms with Crippen LogP contribution >= 0.6 is 0 Å². The van der Waals surface area contributed by atoms with Gasteiger partial charge in [-0.2, -0.15) is 0 Å². The van der Waals surface area contributed by atoms with Crippen molar-refractivity contribution in [2.75, 3.05) is 6.54 Å². The molecule has 5 nitrogen and oxygen atoms in total. The largest absolute Gasteiger partial charge is 0.340 e. The predicted octanol–water partition coefficient (Wildman–Crippen LogP) is 3.06. The lowest BCUT2D eigenvalue weighted by atomic mass is 10.0. The minimum absolute atomic E-state index is 0.0121.